The number of hydrogen-bond acceptors (Lipinski definition) is 4. The SMILES string of the molecule is Cn1cc(CNC(C)(C)c2nccs2)c(C(C)(C)C)n1. The Morgan fingerprint density at radius 3 is 2.50 bits per heavy atom. The molecule has 0 saturated carbocycles. The van der Waals surface area contributed by atoms with Crippen molar-refractivity contribution in [1.29, 1.82) is 0 Å². The number of aryl methyl sites for hydroxylation is 1. The van der Waals surface area contributed by atoms with E-state index >= 15 is 0 Å². The molecular weight excluding hydrogens is 268 g/mol. The molecule has 20 heavy (non-hydrogen) atoms. The van der Waals surface area contributed by atoms with E-state index in [0.29, 0.717) is 0 Å². The third kappa shape index (κ3) is 3.27. The van der Waals surface area contributed by atoms with Gasteiger partial charge in [0.15, 0.2) is 0 Å². The van der Waals surface area contributed by atoms with E-state index in [9.17, 15) is 0 Å². The second-order valence-electron chi connectivity index (χ2n) is 6.74. The van der Waals surface area contributed by atoms with Gasteiger partial charge >= 0.3 is 0 Å². The average Bonchev–Trinajstić information content (AvgIpc) is 2.94. The van der Waals surface area contributed by atoms with Crippen molar-refractivity contribution >= 4 is 11.3 Å². The molecule has 2 aromatic rings. The third-order valence-corrected chi connectivity index (χ3v) is 4.40. The molecule has 1 N–H and O–H groups in total. The maximum Gasteiger partial charge on any atom is 0.112 e. The highest BCUT2D eigenvalue weighted by Crippen LogP contribution is 2.26. The normalized spacial score (nSPS) is 12.9. The molecule has 2 heterocycles. The van der Waals surface area contributed by atoms with Crippen LogP contribution in [0.1, 0.15) is 50.9 Å². The molecule has 0 aliphatic rings. The van der Waals surface area contributed by atoms with Crippen LogP contribution in [0.5, 0.6) is 0 Å². The van der Waals surface area contributed by atoms with Crippen LogP contribution in [0.4, 0.5) is 0 Å². The summed E-state index contributed by atoms with van der Waals surface area (Å²) in [5.41, 5.74) is 2.34. The van der Waals surface area contributed by atoms with Gasteiger partial charge in [-0.2, -0.15) is 5.10 Å². The molecule has 2 rings (SSSR count). The Balaban J connectivity index is 2.16. The van der Waals surface area contributed by atoms with Gasteiger partial charge in [-0.15, -0.1) is 11.3 Å². The summed E-state index contributed by atoms with van der Waals surface area (Å²) in [5, 5.41) is 11.3. The summed E-state index contributed by atoms with van der Waals surface area (Å²) < 4.78 is 1.90. The second kappa shape index (κ2) is 5.30. The summed E-state index contributed by atoms with van der Waals surface area (Å²) >= 11 is 1.69. The lowest BCUT2D eigenvalue weighted by atomic mass is 9.89. The molecule has 0 aliphatic heterocycles. The van der Waals surface area contributed by atoms with Gasteiger partial charge in [-0.3, -0.25) is 4.68 Å². The lowest BCUT2D eigenvalue weighted by Gasteiger charge is -2.25. The summed E-state index contributed by atoms with van der Waals surface area (Å²) in [4.78, 5) is 4.41. The molecule has 0 atom stereocenters. The van der Waals surface area contributed by atoms with Crippen LogP contribution in [-0.2, 0) is 24.5 Å². The molecule has 0 spiro atoms. The Bertz CT molecular complexity index is 561. The van der Waals surface area contributed by atoms with E-state index < -0.39 is 0 Å². The highest BCUT2D eigenvalue weighted by molar-refractivity contribution is 7.09. The Morgan fingerprint density at radius 2 is 1.95 bits per heavy atom. The van der Waals surface area contributed by atoms with Crippen LogP contribution in [0.15, 0.2) is 17.8 Å². The fourth-order valence-electron chi connectivity index (χ4n) is 2.22. The number of hydrogen-bond donors (Lipinski definition) is 1. The zero-order valence-electron chi connectivity index (χ0n) is 13.2. The standard InChI is InChI=1S/C15H24N4S/c1-14(2,3)12-11(10-19(6)18-12)9-17-15(4,5)13-16-7-8-20-13/h7-8,10,17H,9H2,1-6H3. The van der Waals surface area contributed by atoms with Gasteiger partial charge < -0.3 is 5.32 Å². The fourth-order valence-corrected chi connectivity index (χ4v) is 2.96. The molecule has 4 nitrogen and oxygen atoms in total. The highest BCUT2D eigenvalue weighted by atomic mass is 32.1. The van der Waals surface area contributed by atoms with Crippen LogP contribution in [0, 0.1) is 0 Å². The quantitative estimate of drug-likeness (QED) is 0.941. The lowest BCUT2D eigenvalue weighted by Crippen LogP contribution is -2.36. The Labute approximate surface area is 125 Å². The molecule has 110 valence electrons. The van der Waals surface area contributed by atoms with Gasteiger partial charge in [-0.25, -0.2) is 4.98 Å². The first-order valence-electron chi connectivity index (χ1n) is 6.88. The molecule has 0 unspecified atom stereocenters. The molecule has 0 bridgehead atoms. The monoisotopic (exact) mass is 292 g/mol. The van der Waals surface area contributed by atoms with Gasteiger partial charge in [0, 0.05) is 42.3 Å². The van der Waals surface area contributed by atoms with E-state index in [-0.39, 0.29) is 11.0 Å². The molecule has 0 amide bonds. The van der Waals surface area contributed by atoms with Crippen molar-refractivity contribution in [2.75, 3.05) is 0 Å². The van der Waals surface area contributed by atoms with E-state index in [1.54, 1.807) is 11.3 Å². The Morgan fingerprint density at radius 1 is 1.25 bits per heavy atom. The van der Waals surface area contributed by atoms with Crippen LogP contribution in [-0.4, -0.2) is 14.8 Å². The van der Waals surface area contributed by atoms with Gasteiger partial charge in [0.2, 0.25) is 0 Å². The summed E-state index contributed by atoms with van der Waals surface area (Å²) in [7, 11) is 1.98. The molecule has 0 aliphatic carbocycles. The van der Waals surface area contributed by atoms with Crippen LogP contribution < -0.4 is 5.32 Å². The van der Waals surface area contributed by atoms with Crippen molar-refractivity contribution in [1.82, 2.24) is 20.1 Å². The van der Waals surface area contributed by atoms with Crippen LogP contribution in [0.3, 0.4) is 0 Å². The number of nitrogens with zero attached hydrogens (tertiary/aromatic N) is 3. The fraction of sp³-hybridized carbons (Fsp3) is 0.600. The summed E-state index contributed by atoms with van der Waals surface area (Å²) in [6.45, 7) is 11.7. The zero-order valence-corrected chi connectivity index (χ0v) is 14.0. The van der Waals surface area contributed by atoms with Crippen molar-refractivity contribution in [2.24, 2.45) is 7.05 Å². The van der Waals surface area contributed by atoms with E-state index in [1.165, 1.54) is 5.56 Å². The second-order valence-corrected chi connectivity index (χ2v) is 7.64. The minimum atomic E-state index is -0.126. The van der Waals surface area contributed by atoms with Gasteiger partial charge in [-0.1, -0.05) is 20.8 Å². The number of rotatable bonds is 4. The summed E-state index contributed by atoms with van der Waals surface area (Å²) in [5.74, 6) is 0. The smallest absolute Gasteiger partial charge is 0.112 e. The van der Waals surface area contributed by atoms with Crippen molar-refractivity contribution in [3.05, 3.63) is 34.0 Å². The molecule has 2 aromatic heterocycles. The van der Waals surface area contributed by atoms with E-state index in [0.717, 1.165) is 17.2 Å². The maximum atomic E-state index is 4.61. The maximum absolute atomic E-state index is 4.61. The minimum absolute atomic E-state index is 0.0591. The highest BCUT2D eigenvalue weighted by Gasteiger charge is 2.26. The van der Waals surface area contributed by atoms with Crippen LogP contribution in [0.25, 0.3) is 0 Å². The summed E-state index contributed by atoms with van der Waals surface area (Å²) in [6.07, 6.45) is 3.96. The molecule has 0 fully saturated rings. The first-order valence-corrected chi connectivity index (χ1v) is 7.76. The minimum Gasteiger partial charge on any atom is -0.302 e. The van der Waals surface area contributed by atoms with Crippen molar-refractivity contribution in [2.45, 2.75) is 52.1 Å². The van der Waals surface area contributed by atoms with E-state index in [4.69, 9.17) is 0 Å². The largest absolute Gasteiger partial charge is 0.302 e. The summed E-state index contributed by atoms with van der Waals surface area (Å²) in [6, 6.07) is 0. The molecule has 5 heteroatoms. The van der Waals surface area contributed by atoms with Gasteiger partial charge in [0.1, 0.15) is 5.01 Å². The molecule has 0 saturated heterocycles. The number of aromatic nitrogens is 3. The first-order chi connectivity index (χ1) is 9.20. The molecule has 0 radical (unpaired) electrons. The number of nitrogens with one attached hydrogen (secondary N) is 1. The van der Waals surface area contributed by atoms with Crippen LogP contribution in [0.2, 0.25) is 0 Å². The average molecular weight is 292 g/mol. The van der Waals surface area contributed by atoms with Crippen molar-refractivity contribution < 1.29 is 0 Å². The number of thiazole rings is 1. The van der Waals surface area contributed by atoms with E-state index in [1.807, 2.05) is 23.3 Å². The van der Waals surface area contributed by atoms with Crippen molar-refractivity contribution in [3.63, 3.8) is 0 Å². The van der Waals surface area contributed by atoms with Crippen LogP contribution >= 0.6 is 11.3 Å². The van der Waals surface area contributed by atoms with Gasteiger partial charge in [-0.05, 0) is 13.8 Å². The molecular formula is C15H24N4S. The van der Waals surface area contributed by atoms with Gasteiger partial charge in [0.25, 0.3) is 0 Å². The molecule has 0 aromatic carbocycles. The predicted octanol–water partition coefficient (Wildman–Crippen LogP) is 3.20. The zero-order chi connectivity index (χ0) is 15.0. The Kier molecular flexibility index (Phi) is 4.02. The van der Waals surface area contributed by atoms with Crippen molar-refractivity contribution in [3.8, 4) is 0 Å². The van der Waals surface area contributed by atoms with E-state index in [2.05, 4.69) is 56.2 Å². The lowest BCUT2D eigenvalue weighted by molar-refractivity contribution is 0.396. The Hall–Kier alpha value is -1.20. The topological polar surface area (TPSA) is 42.7 Å². The van der Waals surface area contributed by atoms with Gasteiger partial charge in [0.05, 0.1) is 11.2 Å². The first kappa shape index (κ1) is 15.2. The third-order valence-electron chi connectivity index (χ3n) is 3.30. The predicted molar refractivity (Wildman–Crippen MR) is 83.9 cm³/mol.